The summed E-state index contributed by atoms with van der Waals surface area (Å²) in [4.78, 5) is 11.7. The third-order valence-electron chi connectivity index (χ3n) is 3.29. The van der Waals surface area contributed by atoms with Crippen molar-refractivity contribution in [3.8, 4) is 0 Å². The summed E-state index contributed by atoms with van der Waals surface area (Å²) < 4.78 is 5.54. The van der Waals surface area contributed by atoms with E-state index >= 15 is 0 Å². The van der Waals surface area contributed by atoms with Gasteiger partial charge in [-0.2, -0.15) is 0 Å². The number of ether oxygens (including phenoxy) is 1. The summed E-state index contributed by atoms with van der Waals surface area (Å²) >= 11 is 0. The molecule has 0 spiro atoms. The summed E-state index contributed by atoms with van der Waals surface area (Å²) in [6.45, 7) is 6.21. The quantitative estimate of drug-likeness (QED) is 0.725. The number of rotatable bonds is 3. The number of benzene rings is 1. The lowest BCUT2D eigenvalue weighted by molar-refractivity contribution is -0.00400. The lowest BCUT2D eigenvalue weighted by Crippen LogP contribution is -2.21. The van der Waals surface area contributed by atoms with Crippen molar-refractivity contribution in [3.63, 3.8) is 0 Å². The molecule has 0 N–H and O–H groups in total. The van der Waals surface area contributed by atoms with E-state index in [0.717, 1.165) is 30.4 Å². The molecule has 0 amide bonds. The average Bonchev–Trinajstić information content (AvgIpc) is 2.49. The van der Waals surface area contributed by atoms with Crippen molar-refractivity contribution in [1.82, 2.24) is 0 Å². The summed E-state index contributed by atoms with van der Waals surface area (Å²) in [6.07, 6.45) is 3.11. The highest BCUT2D eigenvalue weighted by Gasteiger charge is 2.40. The number of esters is 1. The van der Waals surface area contributed by atoms with E-state index in [1.165, 1.54) is 5.56 Å². The molecule has 0 saturated carbocycles. The molecule has 0 bridgehead atoms. The van der Waals surface area contributed by atoms with Crippen LogP contribution in [0.4, 0.5) is 0 Å². The number of hydrogen-bond donors (Lipinski definition) is 0. The van der Waals surface area contributed by atoms with Crippen LogP contribution in [0.2, 0.25) is 0 Å². The topological polar surface area (TPSA) is 26.3 Å². The molecule has 1 atom stereocenters. The summed E-state index contributed by atoms with van der Waals surface area (Å²) in [5, 5.41) is 0. The predicted molar refractivity (Wildman–Crippen MR) is 63.5 cm³/mol. The van der Waals surface area contributed by atoms with Gasteiger partial charge in [0.1, 0.15) is 5.60 Å². The highest BCUT2D eigenvalue weighted by Crippen LogP contribution is 2.40. The zero-order valence-corrected chi connectivity index (χ0v) is 10.2. The summed E-state index contributed by atoms with van der Waals surface area (Å²) in [5.74, 6) is -0.173. The molecule has 0 fully saturated rings. The van der Waals surface area contributed by atoms with Crippen LogP contribution in [-0.2, 0) is 10.3 Å². The Kier molecular flexibility index (Phi) is 2.75. The largest absolute Gasteiger partial charge is 0.451 e. The first-order valence-electron chi connectivity index (χ1n) is 5.91. The lowest BCUT2D eigenvalue weighted by Gasteiger charge is -2.24. The van der Waals surface area contributed by atoms with Gasteiger partial charge in [-0.15, -0.1) is 0 Å². The second-order valence-electron chi connectivity index (χ2n) is 4.77. The average molecular weight is 218 g/mol. The van der Waals surface area contributed by atoms with Crippen LogP contribution in [0.5, 0.6) is 0 Å². The molecular formula is C14H18O2. The molecule has 86 valence electrons. The van der Waals surface area contributed by atoms with Crippen molar-refractivity contribution in [2.24, 2.45) is 0 Å². The van der Waals surface area contributed by atoms with E-state index in [9.17, 15) is 4.79 Å². The van der Waals surface area contributed by atoms with Crippen molar-refractivity contribution in [2.45, 2.75) is 45.6 Å². The van der Waals surface area contributed by atoms with Gasteiger partial charge in [0.2, 0.25) is 0 Å². The smallest absolute Gasteiger partial charge is 0.339 e. The highest BCUT2D eigenvalue weighted by molar-refractivity contribution is 5.94. The molecule has 1 unspecified atom stereocenters. The second-order valence-corrected chi connectivity index (χ2v) is 4.77. The Balaban J connectivity index is 2.40. The van der Waals surface area contributed by atoms with Gasteiger partial charge < -0.3 is 4.74 Å². The van der Waals surface area contributed by atoms with Gasteiger partial charge in [-0.05, 0) is 32.8 Å². The zero-order chi connectivity index (χ0) is 11.8. The number of fused-ring (bicyclic) bond motifs is 1. The Morgan fingerprint density at radius 2 is 2.12 bits per heavy atom. The normalized spacial score (nSPS) is 23.1. The maximum Gasteiger partial charge on any atom is 0.339 e. The van der Waals surface area contributed by atoms with E-state index in [2.05, 4.69) is 13.0 Å². The third-order valence-corrected chi connectivity index (χ3v) is 3.29. The van der Waals surface area contributed by atoms with Crippen LogP contribution in [0.1, 0.15) is 54.6 Å². The lowest BCUT2D eigenvalue weighted by atomic mass is 9.88. The Morgan fingerprint density at radius 1 is 1.38 bits per heavy atom. The molecule has 0 aromatic heterocycles. The Labute approximate surface area is 96.6 Å². The minimum Gasteiger partial charge on any atom is -0.451 e. The molecule has 1 aliphatic rings. The van der Waals surface area contributed by atoms with Gasteiger partial charge in [0.25, 0.3) is 0 Å². The summed E-state index contributed by atoms with van der Waals surface area (Å²) in [7, 11) is 0. The number of unbranched alkanes of at least 4 members (excludes halogenated alkanes) is 1. The Morgan fingerprint density at radius 3 is 2.81 bits per heavy atom. The van der Waals surface area contributed by atoms with E-state index in [1.807, 2.05) is 26.0 Å². The van der Waals surface area contributed by atoms with Crippen LogP contribution in [0.15, 0.2) is 18.2 Å². The molecule has 2 heteroatoms. The van der Waals surface area contributed by atoms with Crippen molar-refractivity contribution in [1.29, 1.82) is 0 Å². The van der Waals surface area contributed by atoms with Gasteiger partial charge in [-0.1, -0.05) is 31.0 Å². The number of hydrogen-bond acceptors (Lipinski definition) is 2. The van der Waals surface area contributed by atoms with Crippen LogP contribution < -0.4 is 0 Å². The van der Waals surface area contributed by atoms with Gasteiger partial charge in [0.05, 0.1) is 5.56 Å². The molecule has 16 heavy (non-hydrogen) atoms. The first-order valence-corrected chi connectivity index (χ1v) is 5.91. The molecule has 1 aromatic carbocycles. The maximum atomic E-state index is 11.7. The fraction of sp³-hybridized carbons (Fsp3) is 0.500. The molecule has 1 heterocycles. The minimum absolute atomic E-state index is 0.173. The van der Waals surface area contributed by atoms with E-state index in [0.29, 0.717) is 0 Å². The molecule has 0 radical (unpaired) electrons. The number of carbonyl (C=O) groups is 1. The molecule has 1 aromatic rings. The first-order chi connectivity index (χ1) is 7.57. The highest BCUT2D eigenvalue weighted by atomic mass is 16.6. The van der Waals surface area contributed by atoms with Gasteiger partial charge in [-0.3, -0.25) is 0 Å². The van der Waals surface area contributed by atoms with E-state index in [1.54, 1.807) is 0 Å². The predicted octanol–water partition coefficient (Wildman–Crippen LogP) is 3.57. The standard InChI is InChI=1S/C14H18O2/c1-4-5-8-14(3)12-9-10(2)6-7-11(12)13(15)16-14/h6-7,9H,4-5,8H2,1-3H3. The van der Waals surface area contributed by atoms with Crippen LogP contribution in [0, 0.1) is 6.92 Å². The van der Waals surface area contributed by atoms with E-state index in [-0.39, 0.29) is 5.97 Å². The molecule has 0 saturated heterocycles. The monoisotopic (exact) mass is 218 g/mol. The van der Waals surface area contributed by atoms with Crippen LogP contribution in [0.25, 0.3) is 0 Å². The zero-order valence-electron chi connectivity index (χ0n) is 10.2. The summed E-state index contributed by atoms with van der Waals surface area (Å²) in [5.41, 5.74) is 2.57. The van der Waals surface area contributed by atoms with E-state index in [4.69, 9.17) is 4.74 Å². The number of carbonyl (C=O) groups excluding carboxylic acids is 1. The number of cyclic esters (lactones) is 1. The maximum absolute atomic E-state index is 11.7. The second kappa shape index (κ2) is 3.93. The van der Waals surface area contributed by atoms with Gasteiger partial charge in [0.15, 0.2) is 0 Å². The number of aryl methyl sites for hydroxylation is 1. The SMILES string of the molecule is CCCCC1(C)OC(=O)c2ccc(C)cc21. The fourth-order valence-corrected chi connectivity index (χ4v) is 2.29. The van der Waals surface area contributed by atoms with Gasteiger partial charge in [0, 0.05) is 5.56 Å². The fourth-order valence-electron chi connectivity index (χ4n) is 2.29. The Hall–Kier alpha value is -1.31. The van der Waals surface area contributed by atoms with Crippen molar-refractivity contribution >= 4 is 5.97 Å². The van der Waals surface area contributed by atoms with E-state index < -0.39 is 5.60 Å². The first kappa shape index (κ1) is 11.2. The van der Waals surface area contributed by atoms with Crippen LogP contribution >= 0.6 is 0 Å². The van der Waals surface area contributed by atoms with Gasteiger partial charge >= 0.3 is 5.97 Å². The summed E-state index contributed by atoms with van der Waals surface area (Å²) in [6, 6.07) is 5.92. The van der Waals surface area contributed by atoms with Crippen LogP contribution in [0.3, 0.4) is 0 Å². The molecule has 2 rings (SSSR count). The third kappa shape index (κ3) is 1.73. The van der Waals surface area contributed by atoms with Crippen molar-refractivity contribution < 1.29 is 9.53 Å². The van der Waals surface area contributed by atoms with Crippen molar-refractivity contribution in [2.75, 3.05) is 0 Å². The minimum atomic E-state index is -0.408. The van der Waals surface area contributed by atoms with Crippen LogP contribution in [-0.4, -0.2) is 5.97 Å². The molecule has 1 aliphatic heterocycles. The molecule has 0 aliphatic carbocycles. The molecule has 2 nitrogen and oxygen atoms in total. The Bertz CT molecular complexity index is 423. The van der Waals surface area contributed by atoms with Gasteiger partial charge in [-0.25, -0.2) is 4.79 Å². The molecular weight excluding hydrogens is 200 g/mol. The van der Waals surface area contributed by atoms with Crippen molar-refractivity contribution in [3.05, 3.63) is 34.9 Å².